The molecule has 0 aliphatic rings. The number of carbonyl (C=O) groups is 2. The van der Waals surface area contributed by atoms with E-state index in [2.05, 4.69) is 15.7 Å². The number of nitrogens with one attached hydrogen (secondary N) is 2. The third kappa shape index (κ3) is 5.93. The third-order valence-corrected chi connectivity index (χ3v) is 4.71. The first-order valence-corrected chi connectivity index (χ1v) is 9.67. The van der Waals surface area contributed by atoms with E-state index in [9.17, 15) is 31.5 Å². The van der Waals surface area contributed by atoms with Gasteiger partial charge >= 0.3 is 6.18 Å². The molecule has 3 rings (SSSR count). The highest BCUT2D eigenvalue weighted by Gasteiger charge is 2.30. The normalized spacial score (nSPS) is 11.5. The molecule has 0 saturated heterocycles. The number of amides is 2. The zero-order chi connectivity index (χ0) is 24.3. The molecule has 0 aliphatic carbocycles. The van der Waals surface area contributed by atoms with E-state index in [4.69, 9.17) is 0 Å². The molecule has 33 heavy (non-hydrogen) atoms. The molecule has 0 bridgehead atoms. The van der Waals surface area contributed by atoms with Crippen LogP contribution in [0.4, 0.5) is 33.3 Å². The predicted octanol–water partition coefficient (Wildman–Crippen LogP) is 5.29. The van der Waals surface area contributed by atoms with Gasteiger partial charge in [0.05, 0.1) is 16.8 Å². The van der Waals surface area contributed by atoms with Gasteiger partial charge in [0.1, 0.15) is 6.54 Å². The maximum atomic E-state index is 12.9. The van der Waals surface area contributed by atoms with Crippen molar-refractivity contribution in [2.24, 2.45) is 0 Å². The van der Waals surface area contributed by atoms with Crippen molar-refractivity contribution in [1.82, 2.24) is 9.78 Å². The van der Waals surface area contributed by atoms with Gasteiger partial charge in [-0.2, -0.15) is 18.3 Å². The van der Waals surface area contributed by atoms with Crippen LogP contribution in [0.15, 0.2) is 48.7 Å². The molecular formula is C22H19F5N4O2. The average Bonchev–Trinajstić information content (AvgIpc) is 3.08. The predicted molar refractivity (Wildman–Crippen MR) is 111 cm³/mol. The molecular weight excluding hydrogens is 447 g/mol. The van der Waals surface area contributed by atoms with Crippen LogP contribution >= 0.6 is 0 Å². The molecule has 0 spiro atoms. The van der Waals surface area contributed by atoms with E-state index >= 15 is 0 Å². The first kappa shape index (κ1) is 23.9. The fourth-order valence-corrected chi connectivity index (χ4v) is 3.04. The molecule has 1 aromatic heterocycles. The number of carbonyl (C=O) groups excluding carboxylic acids is 2. The van der Waals surface area contributed by atoms with Crippen LogP contribution < -0.4 is 10.6 Å². The van der Waals surface area contributed by atoms with Crippen molar-refractivity contribution in [2.75, 3.05) is 10.6 Å². The fraction of sp³-hybridized carbons (Fsp3) is 0.227. The number of benzene rings is 2. The summed E-state index contributed by atoms with van der Waals surface area (Å²) in [7, 11) is 0. The summed E-state index contributed by atoms with van der Waals surface area (Å²) in [5.74, 6) is -1.28. The summed E-state index contributed by atoms with van der Waals surface area (Å²) in [6, 6.07) is 8.59. The minimum absolute atomic E-state index is 0.0388. The highest BCUT2D eigenvalue weighted by atomic mass is 19.4. The van der Waals surface area contributed by atoms with E-state index in [0.29, 0.717) is 5.56 Å². The number of aromatic nitrogens is 2. The Morgan fingerprint density at radius 2 is 1.76 bits per heavy atom. The number of aryl methyl sites for hydroxylation is 2. The van der Waals surface area contributed by atoms with Gasteiger partial charge in [0, 0.05) is 23.1 Å². The average molecular weight is 466 g/mol. The summed E-state index contributed by atoms with van der Waals surface area (Å²) < 4.78 is 64.8. The van der Waals surface area contributed by atoms with Gasteiger partial charge in [-0.25, -0.2) is 8.78 Å². The summed E-state index contributed by atoms with van der Waals surface area (Å²) in [6.45, 7) is 2.53. The lowest BCUT2D eigenvalue weighted by molar-refractivity contribution is -0.137. The van der Waals surface area contributed by atoms with Crippen molar-refractivity contribution in [2.45, 2.75) is 33.0 Å². The molecule has 2 amide bonds. The maximum absolute atomic E-state index is 12.9. The lowest BCUT2D eigenvalue weighted by Gasteiger charge is -2.12. The monoisotopic (exact) mass is 466 g/mol. The molecule has 0 atom stereocenters. The van der Waals surface area contributed by atoms with Crippen molar-refractivity contribution < 1.29 is 31.5 Å². The van der Waals surface area contributed by atoms with E-state index in [1.54, 1.807) is 13.0 Å². The Labute approximate surface area is 185 Å². The second-order valence-corrected chi connectivity index (χ2v) is 7.26. The molecule has 0 aliphatic heterocycles. The smallest absolute Gasteiger partial charge is 0.322 e. The molecule has 0 unspecified atom stereocenters. The van der Waals surface area contributed by atoms with E-state index in [0.717, 1.165) is 16.8 Å². The number of halogens is 5. The molecule has 0 saturated carbocycles. The van der Waals surface area contributed by atoms with E-state index < -0.39 is 36.5 Å². The van der Waals surface area contributed by atoms with Crippen LogP contribution in [0.3, 0.4) is 0 Å². The topological polar surface area (TPSA) is 76.0 Å². The first-order chi connectivity index (χ1) is 15.4. The lowest BCUT2D eigenvalue weighted by Crippen LogP contribution is -2.16. The standard InChI is InChI=1S/C22H19F5N4O2/c1-12-6-7-14(20(32)28-16-5-3-4-15(9-16)22(25,26)27)8-18(12)29-21(33)17-10-31(11-19(23)24)30-13(17)2/h3-10,19H,11H2,1-2H3,(H,28,32)(H,29,33). The number of alkyl halides is 5. The summed E-state index contributed by atoms with van der Waals surface area (Å²) in [4.78, 5) is 25.2. The highest BCUT2D eigenvalue weighted by molar-refractivity contribution is 6.08. The summed E-state index contributed by atoms with van der Waals surface area (Å²) >= 11 is 0. The number of hydrogen-bond acceptors (Lipinski definition) is 3. The van der Waals surface area contributed by atoms with E-state index in [1.165, 1.54) is 37.4 Å². The number of hydrogen-bond donors (Lipinski definition) is 2. The molecule has 174 valence electrons. The molecule has 0 radical (unpaired) electrons. The van der Waals surface area contributed by atoms with E-state index in [1.807, 2.05) is 0 Å². The zero-order valence-corrected chi connectivity index (χ0v) is 17.5. The van der Waals surface area contributed by atoms with E-state index in [-0.39, 0.29) is 28.2 Å². The molecule has 2 N–H and O–H groups in total. The zero-order valence-electron chi connectivity index (χ0n) is 17.5. The van der Waals surface area contributed by atoms with Crippen molar-refractivity contribution in [3.63, 3.8) is 0 Å². The minimum Gasteiger partial charge on any atom is -0.322 e. The second kappa shape index (κ2) is 9.39. The Bertz CT molecular complexity index is 1190. The molecule has 2 aromatic carbocycles. The van der Waals surface area contributed by atoms with Gasteiger partial charge in [-0.05, 0) is 49.7 Å². The van der Waals surface area contributed by atoms with Crippen LogP contribution in [-0.4, -0.2) is 28.0 Å². The van der Waals surface area contributed by atoms with Crippen LogP contribution in [-0.2, 0) is 12.7 Å². The van der Waals surface area contributed by atoms with Gasteiger partial charge in [0.2, 0.25) is 0 Å². The lowest BCUT2D eigenvalue weighted by atomic mass is 10.1. The van der Waals surface area contributed by atoms with Crippen molar-refractivity contribution in [3.05, 3.63) is 76.6 Å². The van der Waals surface area contributed by atoms with Gasteiger partial charge in [-0.3, -0.25) is 14.3 Å². The molecule has 1 heterocycles. The Kier molecular flexibility index (Phi) is 6.80. The van der Waals surface area contributed by atoms with Gasteiger partial charge in [0.15, 0.2) is 0 Å². The number of nitrogens with zero attached hydrogens (tertiary/aromatic N) is 2. The van der Waals surface area contributed by atoms with Crippen LogP contribution in [0.2, 0.25) is 0 Å². The Balaban J connectivity index is 1.78. The first-order valence-electron chi connectivity index (χ1n) is 9.67. The highest BCUT2D eigenvalue weighted by Crippen LogP contribution is 2.31. The van der Waals surface area contributed by atoms with Crippen molar-refractivity contribution in [3.8, 4) is 0 Å². The SMILES string of the molecule is Cc1ccc(C(=O)Nc2cccc(C(F)(F)F)c2)cc1NC(=O)c1cn(CC(F)F)nc1C. The number of anilines is 2. The largest absolute Gasteiger partial charge is 0.416 e. The molecule has 3 aromatic rings. The summed E-state index contributed by atoms with van der Waals surface area (Å²) in [5.41, 5.74) is 0.383. The van der Waals surface area contributed by atoms with Gasteiger partial charge in [0.25, 0.3) is 18.2 Å². The van der Waals surface area contributed by atoms with Gasteiger partial charge in [-0.15, -0.1) is 0 Å². The Morgan fingerprint density at radius 3 is 2.42 bits per heavy atom. The number of rotatable bonds is 6. The fourth-order valence-electron chi connectivity index (χ4n) is 3.04. The quantitative estimate of drug-likeness (QED) is 0.485. The van der Waals surface area contributed by atoms with Crippen LogP contribution in [0.25, 0.3) is 0 Å². The molecule has 11 heteroatoms. The Morgan fingerprint density at radius 1 is 1.03 bits per heavy atom. The summed E-state index contributed by atoms with van der Waals surface area (Å²) in [6.07, 6.45) is -5.98. The molecule has 0 fully saturated rings. The van der Waals surface area contributed by atoms with Gasteiger partial charge in [-0.1, -0.05) is 12.1 Å². The summed E-state index contributed by atoms with van der Waals surface area (Å²) in [5, 5.41) is 8.90. The van der Waals surface area contributed by atoms with Crippen LogP contribution in [0.5, 0.6) is 0 Å². The van der Waals surface area contributed by atoms with Crippen LogP contribution in [0.1, 0.15) is 37.5 Å². The Hall–Kier alpha value is -3.76. The minimum atomic E-state index is -4.55. The van der Waals surface area contributed by atoms with Crippen LogP contribution in [0, 0.1) is 13.8 Å². The third-order valence-electron chi connectivity index (χ3n) is 4.71. The van der Waals surface area contributed by atoms with Crippen molar-refractivity contribution in [1.29, 1.82) is 0 Å². The molecule has 6 nitrogen and oxygen atoms in total. The second-order valence-electron chi connectivity index (χ2n) is 7.26. The van der Waals surface area contributed by atoms with Gasteiger partial charge < -0.3 is 10.6 Å². The maximum Gasteiger partial charge on any atom is 0.416 e. The van der Waals surface area contributed by atoms with Crippen molar-refractivity contribution >= 4 is 23.2 Å².